The lowest BCUT2D eigenvalue weighted by molar-refractivity contribution is -0.126. The maximum atomic E-state index is 12.0. The minimum atomic E-state index is 0.213. The van der Waals surface area contributed by atoms with Gasteiger partial charge in [-0.05, 0) is 69.4 Å². The molecule has 0 aromatic heterocycles. The number of rotatable bonds is 6. The zero-order valence-corrected chi connectivity index (χ0v) is 14.1. The standard InChI is InChI=1S/C16H23ClN2OS/c1-19-10-7-13(8-11-19)16(20)18-9-2-12-21-15-5-3-14(17)4-6-15/h3-6,13H,2,7-12H2,1H3,(H,18,20). The summed E-state index contributed by atoms with van der Waals surface area (Å²) in [5.41, 5.74) is 0. The maximum Gasteiger partial charge on any atom is 0.223 e. The Kier molecular flexibility index (Phi) is 6.87. The number of carbonyl (C=O) groups is 1. The molecule has 2 rings (SSSR count). The van der Waals surface area contributed by atoms with Crippen molar-refractivity contribution >= 4 is 29.3 Å². The van der Waals surface area contributed by atoms with E-state index in [4.69, 9.17) is 11.6 Å². The van der Waals surface area contributed by atoms with Gasteiger partial charge in [-0.15, -0.1) is 11.8 Å². The van der Waals surface area contributed by atoms with Crippen molar-refractivity contribution in [3.8, 4) is 0 Å². The van der Waals surface area contributed by atoms with Crippen molar-refractivity contribution in [3.63, 3.8) is 0 Å². The van der Waals surface area contributed by atoms with Gasteiger partial charge >= 0.3 is 0 Å². The maximum absolute atomic E-state index is 12.0. The summed E-state index contributed by atoms with van der Waals surface area (Å²) >= 11 is 7.65. The van der Waals surface area contributed by atoms with Gasteiger partial charge in [-0.1, -0.05) is 11.6 Å². The van der Waals surface area contributed by atoms with Crippen molar-refractivity contribution in [1.29, 1.82) is 0 Å². The molecule has 1 aliphatic rings. The highest BCUT2D eigenvalue weighted by molar-refractivity contribution is 7.99. The predicted octanol–water partition coefficient (Wildman–Crippen LogP) is 3.28. The van der Waals surface area contributed by atoms with Crippen molar-refractivity contribution in [3.05, 3.63) is 29.3 Å². The summed E-state index contributed by atoms with van der Waals surface area (Å²) in [4.78, 5) is 15.5. The highest BCUT2D eigenvalue weighted by Gasteiger charge is 2.22. The van der Waals surface area contributed by atoms with Crippen LogP contribution in [0.5, 0.6) is 0 Å². The molecule has 1 fully saturated rings. The second-order valence-corrected chi connectivity index (χ2v) is 7.13. The van der Waals surface area contributed by atoms with Crippen molar-refractivity contribution in [1.82, 2.24) is 10.2 Å². The first-order valence-electron chi connectivity index (χ1n) is 7.50. The zero-order valence-electron chi connectivity index (χ0n) is 12.5. The van der Waals surface area contributed by atoms with Crippen molar-refractivity contribution < 1.29 is 4.79 Å². The summed E-state index contributed by atoms with van der Waals surface area (Å²) < 4.78 is 0. The minimum Gasteiger partial charge on any atom is -0.356 e. The number of likely N-dealkylation sites (tertiary alicyclic amines) is 1. The average Bonchev–Trinajstić information content (AvgIpc) is 2.49. The number of carbonyl (C=O) groups excluding carboxylic acids is 1. The second-order valence-electron chi connectivity index (χ2n) is 5.52. The van der Waals surface area contributed by atoms with E-state index in [1.54, 1.807) is 11.8 Å². The molecule has 1 heterocycles. The van der Waals surface area contributed by atoms with Gasteiger partial charge in [0, 0.05) is 22.4 Å². The molecule has 5 heteroatoms. The van der Waals surface area contributed by atoms with E-state index < -0.39 is 0 Å². The summed E-state index contributed by atoms with van der Waals surface area (Å²) in [5, 5.41) is 3.84. The summed E-state index contributed by atoms with van der Waals surface area (Å²) in [5.74, 6) is 1.46. The fraction of sp³-hybridized carbons (Fsp3) is 0.562. The number of thioether (sulfide) groups is 1. The number of nitrogens with one attached hydrogen (secondary N) is 1. The van der Waals surface area contributed by atoms with E-state index in [-0.39, 0.29) is 11.8 Å². The molecule has 21 heavy (non-hydrogen) atoms. The van der Waals surface area contributed by atoms with E-state index >= 15 is 0 Å². The Morgan fingerprint density at radius 2 is 2.00 bits per heavy atom. The average molecular weight is 327 g/mol. The smallest absolute Gasteiger partial charge is 0.223 e. The normalized spacial score (nSPS) is 16.9. The third-order valence-corrected chi connectivity index (χ3v) is 5.14. The Morgan fingerprint density at radius 1 is 1.33 bits per heavy atom. The number of hydrogen-bond acceptors (Lipinski definition) is 3. The molecule has 0 saturated carbocycles. The molecule has 0 radical (unpaired) electrons. The first-order valence-corrected chi connectivity index (χ1v) is 8.86. The predicted molar refractivity (Wildman–Crippen MR) is 90.0 cm³/mol. The van der Waals surface area contributed by atoms with Crippen LogP contribution in [-0.2, 0) is 4.79 Å². The third-order valence-electron chi connectivity index (χ3n) is 3.79. The number of piperidine rings is 1. The fourth-order valence-corrected chi connectivity index (χ4v) is 3.40. The van der Waals surface area contributed by atoms with Gasteiger partial charge in [-0.2, -0.15) is 0 Å². The molecule has 0 spiro atoms. The Hall–Kier alpha value is -0.710. The van der Waals surface area contributed by atoms with Crippen LogP contribution in [0.4, 0.5) is 0 Å². The quantitative estimate of drug-likeness (QED) is 0.643. The molecule has 3 nitrogen and oxygen atoms in total. The van der Waals surface area contributed by atoms with Gasteiger partial charge in [0.15, 0.2) is 0 Å². The zero-order chi connectivity index (χ0) is 15.1. The molecule has 1 aromatic carbocycles. The van der Waals surface area contributed by atoms with E-state index in [9.17, 15) is 4.79 Å². The van der Waals surface area contributed by atoms with Gasteiger partial charge in [0.1, 0.15) is 0 Å². The highest BCUT2D eigenvalue weighted by Crippen LogP contribution is 2.21. The number of nitrogens with zero attached hydrogens (tertiary/aromatic N) is 1. The van der Waals surface area contributed by atoms with Crippen LogP contribution in [0.25, 0.3) is 0 Å². The van der Waals surface area contributed by atoms with Gasteiger partial charge < -0.3 is 10.2 Å². The second kappa shape index (κ2) is 8.66. The van der Waals surface area contributed by atoms with Crippen LogP contribution in [-0.4, -0.2) is 43.2 Å². The van der Waals surface area contributed by atoms with Crippen LogP contribution in [0.3, 0.4) is 0 Å². The largest absolute Gasteiger partial charge is 0.356 e. The van der Waals surface area contributed by atoms with Gasteiger partial charge in [-0.3, -0.25) is 4.79 Å². The molecular weight excluding hydrogens is 304 g/mol. The monoisotopic (exact) mass is 326 g/mol. The number of halogens is 1. The van der Waals surface area contributed by atoms with E-state index in [0.29, 0.717) is 0 Å². The number of benzene rings is 1. The minimum absolute atomic E-state index is 0.213. The lowest BCUT2D eigenvalue weighted by atomic mass is 9.96. The topological polar surface area (TPSA) is 32.3 Å². The van der Waals surface area contributed by atoms with E-state index in [1.165, 1.54) is 4.90 Å². The first kappa shape index (κ1) is 16.7. The fourth-order valence-electron chi connectivity index (χ4n) is 2.42. The summed E-state index contributed by atoms with van der Waals surface area (Å²) in [6.07, 6.45) is 2.97. The summed E-state index contributed by atoms with van der Waals surface area (Å²) in [6, 6.07) is 7.88. The van der Waals surface area contributed by atoms with Crippen LogP contribution in [0.1, 0.15) is 19.3 Å². The molecule has 1 N–H and O–H groups in total. The molecule has 116 valence electrons. The number of amides is 1. The van der Waals surface area contributed by atoms with Crippen LogP contribution < -0.4 is 5.32 Å². The lowest BCUT2D eigenvalue weighted by Crippen LogP contribution is -2.39. The van der Waals surface area contributed by atoms with E-state index in [0.717, 1.165) is 49.7 Å². The van der Waals surface area contributed by atoms with Gasteiger partial charge in [0.25, 0.3) is 0 Å². The number of hydrogen-bond donors (Lipinski definition) is 1. The molecule has 0 aliphatic carbocycles. The first-order chi connectivity index (χ1) is 10.1. The summed E-state index contributed by atoms with van der Waals surface area (Å²) in [7, 11) is 2.11. The molecular formula is C16H23ClN2OS. The van der Waals surface area contributed by atoms with Crippen LogP contribution in [0, 0.1) is 5.92 Å². The van der Waals surface area contributed by atoms with E-state index in [1.807, 2.05) is 24.3 Å². The molecule has 1 saturated heterocycles. The summed E-state index contributed by atoms with van der Waals surface area (Å²) in [6.45, 7) is 2.83. The Labute approximate surface area is 136 Å². The molecule has 0 bridgehead atoms. The lowest BCUT2D eigenvalue weighted by Gasteiger charge is -2.28. The van der Waals surface area contributed by atoms with Crippen LogP contribution in [0.2, 0.25) is 5.02 Å². The molecule has 1 amide bonds. The van der Waals surface area contributed by atoms with Crippen molar-refractivity contribution in [2.75, 3.05) is 32.4 Å². The third kappa shape index (κ3) is 5.89. The SMILES string of the molecule is CN1CCC(C(=O)NCCCSc2ccc(Cl)cc2)CC1. The van der Waals surface area contributed by atoms with Gasteiger partial charge in [0.05, 0.1) is 0 Å². The van der Waals surface area contributed by atoms with Crippen LogP contribution >= 0.6 is 23.4 Å². The molecule has 1 aromatic rings. The molecule has 1 aliphatic heterocycles. The van der Waals surface area contributed by atoms with E-state index in [2.05, 4.69) is 17.3 Å². The Morgan fingerprint density at radius 3 is 2.67 bits per heavy atom. The van der Waals surface area contributed by atoms with Crippen molar-refractivity contribution in [2.45, 2.75) is 24.2 Å². The molecule has 0 atom stereocenters. The highest BCUT2D eigenvalue weighted by atomic mass is 35.5. The van der Waals surface area contributed by atoms with Crippen LogP contribution in [0.15, 0.2) is 29.2 Å². The van der Waals surface area contributed by atoms with Gasteiger partial charge in [-0.25, -0.2) is 0 Å². The molecule has 0 unspecified atom stereocenters. The van der Waals surface area contributed by atoms with Crippen molar-refractivity contribution in [2.24, 2.45) is 5.92 Å². The Balaban J connectivity index is 1.57. The Bertz CT molecular complexity index is 444. The van der Waals surface area contributed by atoms with Gasteiger partial charge in [0.2, 0.25) is 5.91 Å².